The van der Waals surface area contributed by atoms with Crippen LogP contribution in [0.4, 0.5) is 24.5 Å². The van der Waals surface area contributed by atoms with Crippen LogP contribution in [0.25, 0.3) is 11.1 Å². The van der Waals surface area contributed by atoms with Crippen LogP contribution in [-0.4, -0.2) is 18.0 Å². The monoisotopic (exact) mass is 557 g/mol. The Morgan fingerprint density at radius 2 is 1.56 bits per heavy atom. The van der Waals surface area contributed by atoms with Crippen molar-refractivity contribution in [2.75, 3.05) is 10.6 Å². The average molecular weight is 558 g/mol. The molecule has 0 unspecified atom stereocenters. The van der Waals surface area contributed by atoms with Gasteiger partial charge in [0.1, 0.15) is 0 Å². The fourth-order valence-corrected chi connectivity index (χ4v) is 5.42. The molecule has 0 saturated carbocycles. The SMILES string of the molecule is Cc1cccc(C(=O)Nc2ccc3c(c2)C[C@@H](NCc2ccc(NC(C)C)cc2)C3)c1-c1ccc(C(F)(F)F)cc1. The van der Waals surface area contributed by atoms with Gasteiger partial charge in [0.05, 0.1) is 5.56 Å². The van der Waals surface area contributed by atoms with E-state index in [-0.39, 0.29) is 5.91 Å². The molecule has 0 bridgehead atoms. The molecule has 212 valence electrons. The van der Waals surface area contributed by atoms with Crippen LogP contribution in [0.15, 0.2) is 84.9 Å². The molecule has 1 aliphatic carbocycles. The number of hydrogen-bond donors (Lipinski definition) is 3. The van der Waals surface area contributed by atoms with Gasteiger partial charge in [-0.3, -0.25) is 4.79 Å². The Morgan fingerprint density at radius 1 is 0.878 bits per heavy atom. The lowest BCUT2D eigenvalue weighted by Gasteiger charge is -2.15. The maximum atomic E-state index is 13.4. The van der Waals surface area contributed by atoms with E-state index in [2.05, 4.69) is 60.1 Å². The summed E-state index contributed by atoms with van der Waals surface area (Å²) in [5.41, 5.74) is 7.19. The molecular weight excluding hydrogens is 523 g/mol. The average Bonchev–Trinajstić information content (AvgIpc) is 3.34. The Balaban J connectivity index is 1.24. The van der Waals surface area contributed by atoms with Crippen molar-refractivity contribution >= 4 is 17.3 Å². The Kier molecular flexibility index (Phi) is 8.18. The van der Waals surface area contributed by atoms with Gasteiger partial charge in [-0.2, -0.15) is 13.2 Å². The van der Waals surface area contributed by atoms with E-state index in [9.17, 15) is 18.0 Å². The molecule has 0 saturated heterocycles. The minimum absolute atomic E-state index is 0.299. The molecule has 1 amide bonds. The summed E-state index contributed by atoms with van der Waals surface area (Å²) in [6, 6.07) is 25.4. The zero-order valence-electron chi connectivity index (χ0n) is 23.4. The number of rotatable bonds is 8. The molecule has 1 aliphatic rings. The smallest absolute Gasteiger partial charge is 0.383 e. The second-order valence-electron chi connectivity index (χ2n) is 11.0. The van der Waals surface area contributed by atoms with Crippen molar-refractivity contribution in [1.29, 1.82) is 0 Å². The highest BCUT2D eigenvalue weighted by molar-refractivity contribution is 6.09. The summed E-state index contributed by atoms with van der Waals surface area (Å²) in [6.07, 6.45) is -2.62. The van der Waals surface area contributed by atoms with E-state index in [0.717, 1.165) is 42.8 Å². The molecule has 5 rings (SSSR count). The minimum atomic E-state index is -4.41. The molecule has 0 aliphatic heterocycles. The lowest BCUT2D eigenvalue weighted by Crippen LogP contribution is -2.28. The highest BCUT2D eigenvalue weighted by atomic mass is 19.4. The molecule has 4 aromatic carbocycles. The van der Waals surface area contributed by atoms with Crippen molar-refractivity contribution in [2.24, 2.45) is 0 Å². The van der Waals surface area contributed by atoms with Crippen LogP contribution < -0.4 is 16.0 Å². The van der Waals surface area contributed by atoms with Gasteiger partial charge in [0.25, 0.3) is 5.91 Å². The molecule has 0 fully saturated rings. The van der Waals surface area contributed by atoms with Crippen molar-refractivity contribution in [2.45, 2.75) is 58.4 Å². The van der Waals surface area contributed by atoms with Crippen molar-refractivity contribution in [3.63, 3.8) is 0 Å². The predicted molar refractivity (Wildman–Crippen MR) is 159 cm³/mol. The number of nitrogens with one attached hydrogen (secondary N) is 3. The quantitative estimate of drug-likeness (QED) is 0.206. The van der Waals surface area contributed by atoms with Crippen molar-refractivity contribution in [3.05, 3.63) is 118 Å². The van der Waals surface area contributed by atoms with Crippen molar-refractivity contribution in [1.82, 2.24) is 5.32 Å². The molecule has 1 atom stereocenters. The van der Waals surface area contributed by atoms with Gasteiger partial charge >= 0.3 is 6.18 Å². The van der Waals surface area contributed by atoms with Gasteiger partial charge < -0.3 is 16.0 Å². The van der Waals surface area contributed by atoms with Crippen LogP contribution in [0.2, 0.25) is 0 Å². The van der Waals surface area contributed by atoms with Crippen LogP contribution in [0.3, 0.4) is 0 Å². The molecule has 4 nitrogen and oxygen atoms in total. The third-order valence-electron chi connectivity index (χ3n) is 7.42. The Labute approximate surface area is 239 Å². The normalized spacial score (nSPS) is 14.7. The number of aryl methyl sites for hydroxylation is 1. The zero-order valence-corrected chi connectivity index (χ0v) is 23.4. The van der Waals surface area contributed by atoms with Gasteiger partial charge in [-0.05, 0) is 109 Å². The van der Waals surface area contributed by atoms with E-state index in [4.69, 9.17) is 0 Å². The highest BCUT2D eigenvalue weighted by Crippen LogP contribution is 2.34. The van der Waals surface area contributed by atoms with Crippen LogP contribution in [0.1, 0.15) is 52.0 Å². The maximum absolute atomic E-state index is 13.4. The summed E-state index contributed by atoms with van der Waals surface area (Å²) < 4.78 is 39.2. The summed E-state index contributed by atoms with van der Waals surface area (Å²) in [4.78, 5) is 13.4. The molecule has 0 aromatic heterocycles. The predicted octanol–water partition coefficient (Wildman–Crippen LogP) is 8.01. The number of alkyl halides is 3. The number of anilines is 2. The standard InChI is InChI=1S/C34H34F3N3O/c1-21(2)39-28-14-7-23(8-15-28)20-38-30-17-25-11-16-29(18-26(25)19-30)40-33(41)31-6-4-5-22(3)32(31)24-9-12-27(13-10-24)34(35,36)37/h4-16,18,21,30,38-39H,17,19-20H2,1-3H3,(H,40,41)/t30-/m0/s1. The highest BCUT2D eigenvalue weighted by Gasteiger charge is 2.30. The number of carbonyl (C=O) groups is 1. The van der Waals surface area contributed by atoms with E-state index < -0.39 is 11.7 Å². The number of carbonyl (C=O) groups excluding carboxylic acids is 1. The summed E-state index contributed by atoms with van der Waals surface area (Å²) in [5.74, 6) is -0.299. The first kappa shape index (κ1) is 28.4. The first-order valence-electron chi connectivity index (χ1n) is 13.9. The summed E-state index contributed by atoms with van der Waals surface area (Å²) in [6.45, 7) is 6.87. The lowest BCUT2D eigenvalue weighted by atomic mass is 9.93. The molecule has 0 spiro atoms. The third-order valence-corrected chi connectivity index (χ3v) is 7.42. The first-order valence-corrected chi connectivity index (χ1v) is 13.9. The topological polar surface area (TPSA) is 53.2 Å². The maximum Gasteiger partial charge on any atom is 0.416 e. The first-order chi connectivity index (χ1) is 19.6. The molecule has 3 N–H and O–H groups in total. The van der Waals surface area contributed by atoms with Gasteiger partial charge in [0.2, 0.25) is 0 Å². The molecule has 0 heterocycles. The molecular formula is C34H34F3N3O. The van der Waals surface area contributed by atoms with Crippen LogP contribution >= 0.6 is 0 Å². The summed E-state index contributed by atoms with van der Waals surface area (Å²) in [7, 11) is 0. The Bertz CT molecular complexity index is 1530. The van der Waals surface area contributed by atoms with E-state index >= 15 is 0 Å². The number of hydrogen-bond acceptors (Lipinski definition) is 3. The number of benzene rings is 4. The van der Waals surface area contributed by atoms with Crippen LogP contribution in [0.5, 0.6) is 0 Å². The van der Waals surface area contributed by atoms with Crippen LogP contribution in [-0.2, 0) is 25.6 Å². The van der Waals surface area contributed by atoms with Crippen molar-refractivity contribution in [3.8, 4) is 11.1 Å². The van der Waals surface area contributed by atoms with Gasteiger partial charge in [-0.25, -0.2) is 0 Å². The second-order valence-corrected chi connectivity index (χ2v) is 11.0. The fourth-order valence-electron chi connectivity index (χ4n) is 5.42. The van der Waals surface area contributed by atoms with Gasteiger partial charge in [-0.15, -0.1) is 0 Å². The van der Waals surface area contributed by atoms with E-state index in [1.165, 1.54) is 28.8 Å². The van der Waals surface area contributed by atoms with Gasteiger partial charge in [-0.1, -0.05) is 42.5 Å². The largest absolute Gasteiger partial charge is 0.416 e. The van der Waals surface area contributed by atoms with E-state index in [1.54, 1.807) is 12.1 Å². The number of amides is 1. The Hall–Kier alpha value is -4.10. The number of fused-ring (bicyclic) bond motifs is 1. The van der Waals surface area contributed by atoms with Gasteiger partial charge in [0, 0.05) is 35.6 Å². The molecule has 4 aromatic rings. The van der Waals surface area contributed by atoms with Crippen LogP contribution in [0, 0.1) is 6.92 Å². The molecule has 41 heavy (non-hydrogen) atoms. The zero-order chi connectivity index (χ0) is 29.1. The van der Waals surface area contributed by atoms with Crippen molar-refractivity contribution < 1.29 is 18.0 Å². The summed E-state index contributed by atoms with van der Waals surface area (Å²) in [5, 5.41) is 10.1. The number of halogens is 3. The van der Waals surface area contributed by atoms with E-state index in [0.29, 0.717) is 34.5 Å². The Morgan fingerprint density at radius 3 is 2.24 bits per heavy atom. The molecule has 7 heteroatoms. The minimum Gasteiger partial charge on any atom is -0.383 e. The second kappa shape index (κ2) is 11.8. The molecule has 0 radical (unpaired) electrons. The van der Waals surface area contributed by atoms with Gasteiger partial charge in [0.15, 0.2) is 0 Å². The fraction of sp³-hybridized carbons (Fsp3) is 0.265. The summed E-state index contributed by atoms with van der Waals surface area (Å²) >= 11 is 0. The van der Waals surface area contributed by atoms with E-state index in [1.807, 2.05) is 25.1 Å². The lowest BCUT2D eigenvalue weighted by molar-refractivity contribution is -0.137. The third kappa shape index (κ3) is 6.80.